The van der Waals surface area contributed by atoms with E-state index in [9.17, 15) is 13.6 Å². The van der Waals surface area contributed by atoms with Gasteiger partial charge in [-0.1, -0.05) is 37.3 Å². The zero-order valence-corrected chi connectivity index (χ0v) is 21.3. The van der Waals surface area contributed by atoms with Crippen molar-refractivity contribution in [2.75, 3.05) is 0 Å². The number of hydrogen-bond donors (Lipinski definition) is 0. The zero-order valence-electron chi connectivity index (χ0n) is 20.4. The van der Waals surface area contributed by atoms with Gasteiger partial charge < -0.3 is 9.30 Å². The van der Waals surface area contributed by atoms with Gasteiger partial charge in [0.05, 0.1) is 17.8 Å². The predicted molar refractivity (Wildman–Crippen MR) is 141 cm³/mol. The first-order valence-corrected chi connectivity index (χ1v) is 12.9. The number of aryl methyl sites for hydroxylation is 1. The van der Waals surface area contributed by atoms with Gasteiger partial charge in [-0.25, -0.2) is 13.8 Å². The lowest BCUT2D eigenvalue weighted by molar-refractivity contribution is 0.0982. The van der Waals surface area contributed by atoms with E-state index in [0.29, 0.717) is 35.0 Å². The fourth-order valence-electron chi connectivity index (χ4n) is 4.57. The Hall–Kier alpha value is -3.91. The molecule has 5 nitrogen and oxygen atoms in total. The van der Waals surface area contributed by atoms with Gasteiger partial charge in [-0.2, -0.15) is 0 Å². The first-order chi connectivity index (χ1) is 17.9. The van der Waals surface area contributed by atoms with E-state index in [0.717, 1.165) is 34.4 Å². The van der Waals surface area contributed by atoms with Crippen molar-refractivity contribution in [3.63, 3.8) is 0 Å². The molecule has 3 heterocycles. The molecule has 0 spiro atoms. The van der Waals surface area contributed by atoms with Crippen LogP contribution in [0.15, 0.2) is 72.4 Å². The Kier molecular flexibility index (Phi) is 7.10. The van der Waals surface area contributed by atoms with Gasteiger partial charge in [0.1, 0.15) is 5.75 Å². The highest BCUT2D eigenvalue weighted by molar-refractivity contribution is 7.11. The van der Waals surface area contributed by atoms with Crippen molar-refractivity contribution in [1.29, 1.82) is 0 Å². The normalized spacial score (nSPS) is 11.4. The van der Waals surface area contributed by atoms with Crippen LogP contribution in [-0.2, 0) is 13.0 Å². The summed E-state index contributed by atoms with van der Waals surface area (Å²) in [4.78, 5) is 22.4. The number of halogens is 2. The number of ether oxygens (including phenoxy) is 1. The number of nitrogens with zero attached hydrogens (tertiary/aromatic N) is 3. The number of hydrogen-bond acceptors (Lipinski definition) is 5. The molecule has 37 heavy (non-hydrogen) atoms. The van der Waals surface area contributed by atoms with Gasteiger partial charge in [0.15, 0.2) is 17.4 Å². The molecule has 0 unspecified atom stereocenters. The van der Waals surface area contributed by atoms with Gasteiger partial charge in [0.25, 0.3) is 5.19 Å². The van der Waals surface area contributed by atoms with Gasteiger partial charge in [0.2, 0.25) is 0 Å². The molecule has 0 aliphatic carbocycles. The van der Waals surface area contributed by atoms with E-state index < -0.39 is 11.6 Å². The monoisotopic (exact) mass is 517 g/mol. The number of carbonyl (C=O) groups excluding carboxylic acids is 1. The SMILES string of the molecule is CC(C)c1c(C(=O)CCc2ccc(F)c(F)c2)c2ccc(Oc3nccs3)cc2n1Cc1ccccn1. The second-order valence-corrected chi connectivity index (χ2v) is 9.93. The van der Waals surface area contributed by atoms with Crippen LogP contribution in [0.25, 0.3) is 10.9 Å². The van der Waals surface area contributed by atoms with E-state index in [1.165, 1.54) is 17.4 Å². The van der Waals surface area contributed by atoms with Crippen molar-refractivity contribution in [3.8, 4) is 10.9 Å². The van der Waals surface area contributed by atoms with Crippen LogP contribution in [0.5, 0.6) is 10.9 Å². The molecular weight excluding hydrogens is 492 g/mol. The van der Waals surface area contributed by atoms with Crippen LogP contribution < -0.4 is 4.74 Å². The Morgan fingerprint density at radius 3 is 2.59 bits per heavy atom. The number of pyridine rings is 1. The third-order valence-corrected chi connectivity index (χ3v) is 6.84. The molecule has 8 heteroatoms. The van der Waals surface area contributed by atoms with E-state index in [2.05, 4.69) is 28.4 Å². The summed E-state index contributed by atoms with van der Waals surface area (Å²) in [5.74, 6) is -1.19. The van der Waals surface area contributed by atoms with E-state index in [1.54, 1.807) is 12.4 Å². The van der Waals surface area contributed by atoms with Crippen LogP contribution in [0.2, 0.25) is 0 Å². The molecule has 5 rings (SSSR count). The fraction of sp³-hybridized carbons (Fsp3) is 0.207. The predicted octanol–water partition coefficient (Wildman–Crippen LogP) is 7.55. The van der Waals surface area contributed by atoms with Gasteiger partial charge in [-0.3, -0.25) is 9.78 Å². The van der Waals surface area contributed by atoms with E-state index in [-0.39, 0.29) is 18.1 Å². The Morgan fingerprint density at radius 2 is 1.89 bits per heavy atom. The van der Waals surface area contributed by atoms with Gasteiger partial charge in [0, 0.05) is 46.9 Å². The molecule has 0 N–H and O–H groups in total. The van der Waals surface area contributed by atoms with Crippen molar-refractivity contribution < 1.29 is 18.3 Å². The lowest BCUT2D eigenvalue weighted by Crippen LogP contribution is -2.11. The number of aromatic nitrogens is 3. The van der Waals surface area contributed by atoms with Crippen LogP contribution in [-0.4, -0.2) is 20.3 Å². The summed E-state index contributed by atoms with van der Waals surface area (Å²) in [6.45, 7) is 4.60. The minimum atomic E-state index is -0.910. The number of ketones is 1. The average Bonchev–Trinajstić information content (AvgIpc) is 3.51. The average molecular weight is 518 g/mol. The molecule has 5 aromatic rings. The largest absolute Gasteiger partial charge is 0.431 e. The van der Waals surface area contributed by atoms with Crippen molar-refractivity contribution >= 4 is 28.0 Å². The van der Waals surface area contributed by atoms with Crippen LogP contribution in [0.4, 0.5) is 8.78 Å². The Balaban J connectivity index is 1.57. The van der Waals surface area contributed by atoms with Crippen molar-refractivity contribution in [1.82, 2.24) is 14.5 Å². The summed E-state index contributed by atoms with van der Waals surface area (Å²) in [7, 11) is 0. The third-order valence-electron chi connectivity index (χ3n) is 6.19. The Labute approximate surface area is 217 Å². The van der Waals surface area contributed by atoms with Crippen LogP contribution in [0, 0.1) is 11.6 Å². The second kappa shape index (κ2) is 10.6. The third kappa shape index (κ3) is 5.29. The smallest absolute Gasteiger partial charge is 0.278 e. The first kappa shape index (κ1) is 24.8. The van der Waals surface area contributed by atoms with Crippen molar-refractivity contribution in [2.24, 2.45) is 0 Å². The van der Waals surface area contributed by atoms with E-state index in [4.69, 9.17) is 4.74 Å². The summed E-state index contributed by atoms with van der Waals surface area (Å²) in [5.41, 5.74) is 3.86. The highest BCUT2D eigenvalue weighted by atomic mass is 32.1. The summed E-state index contributed by atoms with van der Waals surface area (Å²) in [6.07, 6.45) is 3.92. The van der Waals surface area contributed by atoms with Crippen LogP contribution in [0.3, 0.4) is 0 Å². The highest BCUT2D eigenvalue weighted by Crippen LogP contribution is 2.36. The molecule has 0 bridgehead atoms. The number of carbonyl (C=O) groups is 1. The topological polar surface area (TPSA) is 57.0 Å². The van der Waals surface area contributed by atoms with Crippen molar-refractivity contribution in [3.05, 3.63) is 107 Å². The standard InChI is InChI=1S/C29H25F2N3O2S/c1-18(2)28-27(26(35)11-7-19-6-10-23(30)24(31)15-19)22-9-8-21(36-29-33-13-14-37-29)16-25(22)34(28)17-20-5-3-4-12-32-20/h3-6,8-10,12-16,18H,7,11,17H2,1-2H3. The summed E-state index contributed by atoms with van der Waals surface area (Å²) < 4.78 is 35.1. The Bertz CT molecular complexity index is 1550. The summed E-state index contributed by atoms with van der Waals surface area (Å²) >= 11 is 1.40. The molecule has 0 atom stereocenters. The number of fused-ring (bicyclic) bond motifs is 1. The Morgan fingerprint density at radius 1 is 1.03 bits per heavy atom. The summed E-state index contributed by atoms with van der Waals surface area (Å²) in [5, 5.41) is 3.20. The quantitative estimate of drug-likeness (QED) is 0.189. The minimum absolute atomic E-state index is 0.0432. The molecule has 0 aliphatic heterocycles. The van der Waals surface area contributed by atoms with Crippen LogP contribution in [0.1, 0.15) is 53.5 Å². The molecule has 0 radical (unpaired) electrons. The number of thiazole rings is 1. The molecule has 0 aliphatic rings. The van der Waals surface area contributed by atoms with Crippen molar-refractivity contribution in [2.45, 2.75) is 39.2 Å². The second-order valence-electron chi connectivity index (χ2n) is 9.07. The number of benzene rings is 2. The molecule has 3 aromatic heterocycles. The lowest BCUT2D eigenvalue weighted by Gasteiger charge is -2.15. The summed E-state index contributed by atoms with van der Waals surface area (Å²) in [6, 6.07) is 15.2. The minimum Gasteiger partial charge on any atom is -0.431 e. The molecule has 0 fully saturated rings. The van der Waals surface area contributed by atoms with Gasteiger partial charge in [-0.05, 0) is 54.3 Å². The maximum Gasteiger partial charge on any atom is 0.278 e. The molecule has 2 aromatic carbocycles. The zero-order chi connectivity index (χ0) is 25.9. The fourth-order valence-corrected chi connectivity index (χ4v) is 5.07. The molecular formula is C29H25F2N3O2S. The lowest BCUT2D eigenvalue weighted by atomic mass is 9.96. The molecule has 188 valence electrons. The van der Waals surface area contributed by atoms with Gasteiger partial charge in [-0.15, -0.1) is 0 Å². The number of Topliss-reactive ketones (excluding diaryl/α,β-unsaturated/α-hetero) is 1. The maximum absolute atomic E-state index is 13.7. The van der Waals surface area contributed by atoms with E-state index >= 15 is 0 Å². The molecule has 0 saturated carbocycles. The van der Waals surface area contributed by atoms with Crippen LogP contribution >= 0.6 is 11.3 Å². The molecule has 0 saturated heterocycles. The first-order valence-electron chi connectivity index (χ1n) is 12.0. The maximum atomic E-state index is 13.7. The van der Waals surface area contributed by atoms with E-state index in [1.807, 2.05) is 41.8 Å². The molecule has 0 amide bonds. The van der Waals surface area contributed by atoms with Gasteiger partial charge >= 0.3 is 0 Å². The highest BCUT2D eigenvalue weighted by Gasteiger charge is 2.25. The number of rotatable bonds is 9.